The first-order chi connectivity index (χ1) is 9.88. The van der Waals surface area contributed by atoms with Gasteiger partial charge in [0.05, 0.1) is 9.92 Å². The van der Waals surface area contributed by atoms with Crippen LogP contribution in [0.25, 0.3) is 0 Å². The van der Waals surface area contributed by atoms with E-state index in [0.29, 0.717) is 17.7 Å². The zero-order valence-corrected chi connectivity index (χ0v) is 12.8. The summed E-state index contributed by atoms with van der Waals surface area (Å²) in [5.74, 6) is 0.203. The average Bonchev–Trinajstić information content (AvgIpc) is 3.18. The zero-order chi connectivity index (χ0) is 15.2. The average molecular weight is 330 g/mol. The number of hydrogen-bond acceptors (Lipinski definition) is 4. The molecule has 8 heteroatoms. The Kier molecular flexibility index (Phi) is 3.49. The quantitative estimate of drug-likeness (QED) is 0.809. The van der Waals surface area contributed by atoms with Gasteiger partial charge in [-0.05, 0) is 38.0 Å². The number of hydrogen-bond donors (Lipinski definition) is 0. The third-order valence-electron chi connectivity index (χ3n) is 3.42. The number of sulfone groups is 1. The Morgan fingerprint density at radius 2 is 2.10 bits per heavy atom. The summed E-state index contributed by atoms with van der Waals surface area (Å²) in [5, 5.41) is 7.69. The minimum Gasteiger partial charge on any atom is -0.311 e. The minimum absolute atomic E-state index is 0.0168. The van der Waals surface area contributed by atoms with Gasteiger partial charge in [-0.3, -0.25) is 0 Å². The second kappa shape index (κ2) is 5.06. The highest BCUT2D eigenvalue weighted by atomic mass is 35.5. The van der Waals surface area contributed by atoms with Gasteiger partial charge in [-0.25, -0.2) is 12.8 Å². The number of halogens is 2. The fourth-order valence-corrected chi connectivity index (χ4v) is 3.76. The lowest BCUT2D eigenvalue weighted by atomic mass is 10.3. The van der Waals surface area contributed by atoms with E-state index in [9.17, 15) is 12.8 Å². The van der Waals surface area contributed by atoms with Crippen LogP contribution in [0.4, 0.5) is 4.39 Å². The third-order valence-corrected chi connectivity index (χ3v) is 5.32. The summed E-state index contributed by atoms with van der Waals surface area (Å²) in [6, 6.07) is 3.67. The summed E-state index contributed by atoms with van der Waals surface area (Å²) >= 11 is 5.65. The monoisotopic (exact) mass is 329 g/mol. The maximum atomic E-state index is 13.1. The van der Waals surface area contributed by atoms with Crippen LogP contribution in [0.3, 0.4) is 0 Å². The van der Waals surface area contributed by atoms with Crippen LogP contribution in [0.1, 0.15) is 30.5 Å². The van der Waals surface area contributed by atoms with Crippen molar-refractivity contribution in [1.82, 2.24) is 14.8 Å². The number of aryl methyl sites for hydroxylation is 1. The molecule has 0 bridgehead atoms. The molecule has 3 rings (SSSR count). The first-order valence-electron chi connectivity index (χ1n) is 6.46. The Balaban J connectivity index is 1.94. The Morgan fingerprint density at radius 3 is 2.71 bits per heavy atom. The van der Waals surface area contributed by atoms with Crippen molar-refractivity contribution in [2.45, 2.75) is 36.5 Å². The van der Waals surface area contributed by atoms with Gasteiger partial charge in [-0.15, -0.1) is 10.2 Å². The van der Waals surface area contributed by atoms with Gasteiger partial charge >= 0.3 is 0 Å². The van der Waals surface area contributed by atoms with E-state index in [1.807, 2.05) is 4.57 Å². The van der Waals surface area contributed by atoms with Crippen molar-refractivity contribution in [3.63, 3.8) is 0 Å². The maximum Gasteiger partial charge on any atom is 0.185 e. The molecule has 1 fully saturated rings. The van der Waals surface area contributed by atoms with E-state index < -0.39 is 15.7 Å². The van der Waals surface area contributed by atoms with Crippen LogP contribution in [0.15, 0.2) is 23.1 Å². The van der Waals surface area contributed by atoms with Gasteiger partial charge in [0, 0.05) is 6.04 Å². The molecule has 0 spiro atoms. The Morgan fingerprint density at radius 1 is 1.38 bits per heavy atom. The summed E-state index contributed by atoms with van der Waals surface area (Å²) < 4.78 is 39.8. The normalized spacial score (nSPS) is 15.4. The van der Waals surface area contributed by atoms with E-state index in [1.165, 1.54) is 6.07 Å². The van der Waals surface area contributed by atoms with E-state index >= 15 is 0 Å². The molecule has 1 aliphatic carbocycles. The van der Waals surface area contributed by atoms with Crippen molar-refractivity contribution in [3.05, 3.63) is 40.7 Å². The summed E-state index contributed by atoms with van der Waals surface area (Å²) in [7, 11) is -3.64. The van der Waals surface area contributed by atoms with Gasteiger partial charge in [0.15, 0.2) is 9.84 Å². The van der Waals surface area contributed by atoms with E-state index in [-0.39, 0.29) is 15.7 Å². The lowest BCUT2D eigenvalue weighted by Gasteiger charge is -2.08. The van der Waals surface area contributed by atoms with Gasteiger partial charge in [-0.2, -0.15) is 0 Å². The largest absolute Gasteiger partial charge is 0.311 e. The predicted octanol–water partition coefficient (Wildman–Crippen LogP) is 2.69. The number of nitrogens with zero attached hydrogens (tertiary/aromatic N) is 3. The second-order valence-corrected chi connectivity index (χ2v) is 7.50. The highest BCUT2D eigenvalue weighted by Gasteiger charge is 2.30. The topological polar surface area (TPSA) is 64.8 Å². The first-order valence-corrected chi connectivity index (χ1v) is 8.50. The van der Waals surface area contributed by atoms with Gasteiger partial charge < -0.3 is 4.57 Å². The molecule has 0 saturated heterocycles. The van der Waals surface area contributed by atoms with Crippen LogP contribution in [-0.4, -0.2) is 23.2 Å². The Labute approximate surface area is 126 Å². The van der Waals surface area contributed by atoms with Crippen LogP contribution in [0, 0.1) is 12.7 Å². The maximum absolute atomic E-state index is 13.1. The molecule has 1 heterocycles. The molecule has 5 nitrogen and oxygen atoms in total. The van der Waals surface area contributed by atoms with Crippen LogP contribution >= 0.6 is 11.6 Å². The van der Waals surface area contributed by atoms with Crippen LogP contribution in [-0.2, 0) is 15.6 Å². The molecule has 0 unspecified atom stereocenters. The third kappa shape index (κ3) is 2.80. The molecule has 1 saturated carbocycles. The molecular formula is C13H13ClFN3O2S. The molecule has 1 aromatic heterocycles. The Bertz CT molecular complexity index is 800. The van der Waals surface area contributed by atoms with Crippen molar-refractivity contribution < 1.29 is 12.8 Å². The molecule has 2 aromatic rings. The molecule has 21 heavy (non-hydrogen) atoms. The summed E-state index contributed by atoms with van der Waals surface area (Å²) in [4.78, 5) is -0.0168. The molecule has 0 amide bonds. The van der Waals surface area contributed by atoms with E-state index in [4.69, 9.17) is 11.6 Å². The van der Waals surface area contributed by atoms with E-state index in [0.717, 1.165) is 25.0 Å². The smallest absolute Gasteiger partial charge is 0.185 e. The molecule has 1 aliphatic rings. The molecule has 0 N–H and O–H groups in total. The molecule has 0 aliphatic heterocycles. The van der Waals surface area contributed by atoms with Crippen molar-refractivity contribution in [2.24, 2.45) is 0 Å². The standard InChI is InChI=1S/C13H13ClFN3O2S/c1-8-16-17-13(18(8)9-2-3-9)7-21(19,20)10-4-5-12(15)11(14)6-10/h4-6,9H,2-3,7H2,1H3. The Hall–Kier alpha value is -1.47. The van der Waals surface area contributed by atoms with Crippen molar-refractivity contribution in [1.29, 1.82) is 0 Å². The van der Waals surface area contributed by atoms with Crippen molar-refractivity contribution >= 4 is 21.4 Å². The van der Waals surface area contributed by atoms with Crippen LogP contribution < -0.4 is 0 Å². The SMILES string of the molecule is Cc1nnc(CS(=O)(=O)c2ccc(F)c(Cl)c2)n1C1CC1. The molecular weight excluding hydrogens is 317 g/mol. The van der Waals surface area contributed by atoms with Crippen molar-refractivity contribution in [3.8, 4) is 0 Å². The van der Waals surface area contributed by atoms with Crippen molar-refractivity contribution in [2.75, 3.05) is 0 Å². The molecule has 1 aromatic carbocycles. The summed E-state index contributed by atoms with van der Waals surface area (Å²) in [5.41, 5.74) is 0. The molecule has 0 atom stereocenters. The molecule has 0 radical (unpaired) electrons. The van der Waals surface area contributed by atoms with Crippen LogP contribution in [0.2, 0.25) is 5.02 Å². The minimum atomic E-state index is -3.64. The number of benzene rings is 1. The van der Waals surface area contributed by atoms with E-state index in [2.05, 4.69) is 10.2 Å². The lowest BCUT2D eigenvalue weighted by Crippen LogP contribution is -2.11. The predicted molar refractivity (Wildman–Crippen MR) is 75.3 cm³/mol. The van der Waals surface area contributed by atoms with E-state index in [1.54, 1.807) is 6.92 Å². The first kappa shape index (κ1) is 14.5. The number of rotatable bonds is 4. The second-order valence-electron chi connectivity index (χ2n) is 5.10. The van der Waals surface area contributed by atoms with Crippen LogP contribution in [0.5, 0.6) is 0 Å². The van der Waals surface area contributed by atoms with Gasteiger partial charge in [-0.1, -0.05) is 11.6 Å². The number of aromatic nitrogens is 3. The van der Waals surface area contributed by atoms with Gasteiger partial charge in [0.25, 0.3) is 0 Å². The fraction of sp³-hybridized carbons (Fsp3) is 0.385. The van der Waals surface area contributed by atoms with Gasteiger partial charge in [0.2, 0.25) is 0 Å². The summed E-state index contributed by atoms with van der Waals surface area (Å²) in [6.07, 6.45) is 2.02. The lowest BCUT2D eigenvalue weighted by molar-refractivity contribution is 0.588. The summed E-state index contributed by atoms with van der Waals surface area (Å²) in [6.45, 7) is 1.80. The zero-order valence-electron chi connectivity index (χ0n) is 11.3. The van der Waals surface area contributed by atoms with Gasteiger partial charge in [0.1, 0.15) is 23.2 Å². The highest BCUT2D eigenvalue weighted by molar-refractivity contribution is 7.90. The fourth-order valence-electron chi connectivity index (χ4n) is 2.24. The highest BCUT2D eigenvalue weighted by Crippen LogP contribution is 2.37. The molecule has 112 valence electrons.